The first-order valence-corrected chi connectivity index (χ1v) is 11.1. The van der Waals surface area contributed by atoms with Crippen molar-refractivity contribution in [2.75, 3.05) is 4.90 Å². The number of pyridine rings is 1. The molecule has 11 nitrogen and oxygen atoms in total. The Balaban J connectivity index is 2.92. The minimum atomic E-state index is -1.11. The van der Waals surface area contributed by atoms with Gasteiger partial charge in [-0.25, -0.2) is 19.6 Å². The van der Waals surface area contributed by atoms with Gasteiger partial charge in [-0.05, 0) is 69.2 Å². The number of anilines is 1. The van der Waals surface area contributed by atoms with Crippen LogP contribution in [0.2, 0.25) is 0 Å². The molecule has 2 aromatic rings. The molecule has 0 aliphatic heterocycles. The Morgan fingerprint density at radius 2 is 1.40 bits per heavy atom. The summed E-state index contributed by atoms with van der Waals surface area (Å²) in [6.07, 6.45) is -1.21. The number of aryl methyl sites for hydroxylation is 1. The molecule has 0 saturated carbocycles. The van der Waals surface area contributed by atoms with E-state index in [9.17, 15) is 19.5 Å². The average Bonchev–Trinajstić information content (AvgIpc) is 2.58. The molecule has 1 N–H and O–H groups in total. The van der Waals surface area contributed by atoms with Crippen LogP contribution in [0.4, 0.5) is 15.4 Å². The maximum absolute atomic E-state index is 13.2. The van der Waals surface area contributed by atoms with Crippen LogP contribution in [0.1, 0.15) is 73.7 Å². The van der Waals surface area contributed by atoms with E-state index >= 15 is 0 Å². The summed E-state index contributed by atoms with van der Waals surface area (Å²) < 4.78 is 17.0. The zero-order valence-corrected chi connectivity index (χ0v) is 22.0. The fourth-order valence-corrected chi connectivity index (χ4v) is 2.93. The number of fused-ring (bicyclic) bond motifs is 1. The van der Waals surface area contributed by atoms with E-state index in [1.54, 1.807) is 69.2 Å². The number of carboxylic acid groups (broad SMARTS) is 1. The Morgan fingerprint density at radius 3 is 1.83 bits per heavy atom. The summed E-state index contributed by atoms with van der Waals surface area (Å²) in [4.78, 5) is 51.7. The number of aliphatic carboxylic acids is 1. The number of imide groups is 1. The van der Waals surface area contributed by atoms with Crippen molar-refractivity contribution in [1.82, 2.24) is 15.0 Å². The van der Waals surface area contributed by atoms with Crippen molar-refractivity contribution in [2.24, 2.45) is 0 Å². The molecule has 11 heteroatoms. The highest BCUT2D eigenvalue weighted by atomic mass is 16.6. The van der Waals surface area contributed by atoms with Gasteiger partial charge < -0.3 is 19.3 Å². The van der Waals surface area contributed by atoms with Gasteiger partial charge in [-0.15, -0.1) is 0 Å². The van der Waals surface area contributed by atoms with Crippen molar-refractivity contribution >= 4 is 34.9 Å². The molecule has 2 rings (SSSR count). The maximum atomic E-state index is 13.2. The number of carbonyl (C=O) groups is 3. The van der Waals surface area contributed by atoms with Crippen LogP contribution < -0.4 is 9.64 Å². The molecule has 0 atom stereocenters. The normalized spacial score (nSPS) is 12.3. The Morgan fingerprint density at radius 1 is 0.886 bits per heavy atom. The SMILES string of the molecule is Cc1nc(OC(C)(C)C)c2c(N(C(=O)OC(C)(C)C)C(=O)OC(C)(C)C)ncc(CC(=O)O)c2n1. The maximum Gasteiger partial charge on any atom is 0.425 e. The molecule has 0 fully saturated rings. The second-order valence-electron chi connectivity index (χ2n) is 11.0. The molecule has 0 aromatic carbocycles. The highest BCUT2D eigenvalue weighted by Crippen LogP contribution is 2.36. The van der Waals surface area contributed by atoms with E-state index < -0.39 is 41.4 Å². The van der Waals surface area contributed by atoms with E-state index in [1.807, 2.05) is 0 Å². The lowest BCUT2D eigenvalue weighted by Crippen LogP contribution is -2.44. The summed E-state index contributed by atoms with van der Waals surface area (Å²) in [5, 5.41) is 9.48. The van der Waals surface area contributed by atoms with Crippen molar-refractivity contribution in [3.8, 4) is 5.88 Å². The van der Waals surface area contributed by atoms with Gasteiger partial charge in [-0.3, -0.25) is 4.79 Å². The molecule has 0 aliphatic rings. The van der Waals surface area contributed by atoms with E-state index in [4.69, 9.17) is 14.2 Å². The minimum Gasteiger partial charge on any atom is -0.481 e. The molecule has 2 amide bonds. The lowest BCUT2D eigenvalue weighted by atomic mass is 10.1. The molecule has 0 unspecified atom stereocenters. The third kappa shape index (κ3) is 7.76. The van der Waals surface area contributed by atoms with Crippen LogP contribution in [0.25, 0.3) is 10.9 Å². The Labute approximate surface area is 204 Å². The third-order valence-electron chi connectivity index (χ3n) is 3.97. The van der Waals surface area contributed by atoms with Crippen molar-refractivity contribution in [1.29, 1.82) is 0 Å². The molecule has 0 spiro atoms. The first kappa shape index (κ1) is 27.7. The number of amides is 2. The third-order valence-corrected chi connectivity index (χ3v) is 3.97. The van der Waals surface area contributed by atoms with Gasteiger partial charge in [0.05, 0.1) is 11.9 Å². The van der Waals surface area contributed by atoms with Gasteiger partial charge >= 0.3 is 18.2 Å². The quantitative estimate of drug-likeness (QED) is 0.634. The summed E-state index contributed by atoms with van der Waals surface area (Å²) >= 11 is 0. The Hall–Kier alpha value is -3.50. The number of nitrogens with zero attached hydrogens (tertiary/aromatic N) is 4. The molecule has 2 aromatic heterocycles. The van der Waals surface area contributed by atoms with Crippen LogP contribution in [-0.4, -0.2) is 55.0 Å². The summed E-state index contributed by atoms with van der Waals surface area (Å²) in [7, 11) is 0. The first-order chi connectivity index (χ1) is 15.8. The van der Waals surface area contributed by atoms with E-state index in [0.29, 0.717) is 10.7 Å². The topological polar surface area (TPSA) is 141 Å². The lowest BCUT2D eigenvalue weighted by molar-refractivity contribution is -0.136. The lowest BCUT2D eigenvalue weighted by Gasteiger charge is -2.29. The van der Waals surface area contributed by atoms with Crippen LogP contribution in [-0.2, 0) is 20.7 Å². The van der Waals surface area contributed by atoms with Crippen LogP contribution in [0.5, 0.6) is 5.88 Å². The molecular formula is C24H34N4O7. The second-order valence-corrected chi connectivity index (χ2v) is 11.0. The summed E-state index contributed by atoms with van der Waals surface area (Å²) in [5.41, 5.74) is -2.16. The van der Waals surface area contributed by atoms with Gasteiger partial charge in [0.1, 0.15) is 28.0 Å². The first-order valence-electron chi connectivity index (χ1n) is 11.1. The summed E-state index contributed by atoms with van der Waals surface area (Å²) in [6.45, 7) is 16.9. The number of rotatable bonds is 4. The second kappa shape index (κ2) is 9.63. The molecule has 2 heterocycles. The Bertz CT molecular complexity index is 1110. The molecule has 0 saturated heterocycles. The number of ether oxygens (including phenoxy) is 3. The van der Waals surface area contributed by atoms with E-state index in [0.717, 1.165) is 0 Å². The van der Waals surface area contributed by atoms with Crippen LogP contribution in [0.3, 0.4) is 0 Å². The molecule has 192 valence electrons. The van der Waals surface area contributed by atoms with Gasteiger partial charge in [-0.1, -0.05) is 0 Å². The smallest absolute Gasteiger partial charge is 0.425 e. The predicted molar refractivity (Wildman–Crippen MR) is 129 cm³/mol. The zero-order valence-electron chi connectivity index (χ0n) is 22.0. The van der Waals surface area contributed by atoms with Gasteiger partial charge in [0.25, 0.3) is 0 Å². The van der Waals surface area contributed by atoms with Gasteiger partial charge in [0.2, 0.25) is 5.88 Å². The predicted octanol–water partition coefficient (Wildman–Crippen LogP) is 4.81. The highest BCUT2D eigenvalue weighted by Gasteiger charge is 2.36. The fraction of sp³-hybridized carbons (Fsp3) is 0.583. The number of carboxylic acids is 1. The minimum absolute atomic E-state index is 0.0341. The van der Waals surface area contributed by atoms with Crippen molar-refractivity contribution < 1.29 is 33.7 Å². The van der Waals surface area contributed by atoms with E-state index in [-0.39, 0.29) is 28.2 Å². The van der Waals surface area contributed by atoms with Crippen molar-refractivity contribution in [3.63, 3.8) is 0 Å². The monoisotopic (exact) mass is 490 g/mol. The van der Waals surface area contributed by atoms with Gasteiger partial charge in [0, 0.05) is 11.8 Å². The van der Waals surface area contributed by atoms with Crippen molar-refractivity contribution in [2.45, 2.75) is 92.5 Å². The number of hydrogen-bond acceptors (Lipinski definition) is 9. The molecule has 35 heavy (non-hydrogen) atoms. The fourth-order valence-electron chi connectivity index (χ4n) is 2.93. The zero-order chi connectivity index (χ0) is 26.9. The van der Waals surface area contributed by atoms with Crippen LogP contribution >= 0.6 is 0 Å². The van der Waals surface area contributed by atoms with Gasteiger partial charge in [-0.2, -0.15) is 9.88 Å². The van der Waals surface area contributed by atoms with Gasteiger partial charge in [0.15, 0.2) is 5.82 Å². The van der Waals surface area contributed by atoms with Crippen LogP contribution in [0, 0.1) is 6.92 Å². The molecule has 0 radical (unpaired) electrons. The summed E-state index contributed by atoms with van der Waals surface area (Å²) in [5.74, 6) is -0.961. The standard InChI is InChI=1S/C24H34N4O7/c1-13-26-17-14(11-15(29)30)12-25-18(16(17)19(27-13)33-22(2,3)4)28(20(31)34-23(5,6)7)21(32)35-24(8,9)10/h12H,11H2,1-10H3,(H,29,30). The van der Waals surface area contributed by atoms with E-state index in [1.165, 1.54) is 6.20 Å². The number of carbonyl (C=O) groups excluding carboxylic acids is 2. The Kier molecular flexibility index (Phi) is 7.63. The molecular weight excluding hydrogens is 456 g/mol. The molecule has 0 bridgehead atoms. The van der Waals surface area contributed by atoms with Crippen LogP contribution in [0.15, 0.2) is 6.20 Å². The average molecular weight is 491 g/mol. The number of hydrogen-bond donors (Lipinski definition) is 1. The van der Waals surface area contributed by atoms with E-state index in [2.05, 4.69) is 15.0 Å². The molecule has 0 aliphatic carbocycles. The van der Waals surface area contributed by atoms with Crippen molar-refractivity contribution in [3.05, 3.63) is 17.6 Å². The summed E-state index contributed by atoms with van der Waals surface area (Å²) in [6, 6.07) is 0. The number of aromatic nitrogens is 3. The highest BCUT2D eigenvalue weighted by molar-refractivity contribution is 6.14. The largest absolute Gasteiger partial charge is 0.481 e.